The van der Waals surface area contributed by atoms with Crippen molar-refractivity contribution in [3.63, 3.8) is 0 Å². The van der Waals surface area contributed by atoms with Gasteiger partial charge in [-0.3, -0.25) is 9.59 Å². The van der Waals surface area contributed by atoms with E-state index in [1.807, 2.05) is 11.9 Å². The number of carbonyl (C=O) groups excluding carboxylic acids is 2. The molecular weight excluding hydrogens is 511 g/mol. The summed E-state index contributed by atoms with van der Waals surface area (Å²) < 4.78 is 27.3. The van der Waals surface area contributed by atoms with Gasteiger partial charge in [-0.15, -0.1) is 0 Å². The van der Waals surface area contributed by atoms with Crippen LogP contribution in [-0.4, -0.2) is 80.7 Å². The van der Waals surface area contributed by atoms with Crippen LogP contribution in [0.4, 0.5) is 5.69 Å². The van der Waals surface area contributed by atoms with Crippen molar-refractivity contribution in [3.8, 4) is 0 Å². The van der Waals surface area contributed by atoms with Gasteiger partial charge in [0.15, 0.2) is 0 Å². The molecule has 8 nitrogen and oxygen atoms in total. The molecule has 4 rings (SSSR count). The summed E-state index contributed by atoms with van der Waals surface area (Å²) in [5.41, 5.74) is 1.19. The van der Waals surface area contributed by atoms with Gasteiger partial charge in [-0.05, 0) is 62.4 Å². The summed E-state index contributed by atoms with van der Waals surface area (Å²) in [4.78, 5) is 29.5. The van der Waals surface area contributed by atoms with E-state index in [0.29, 0.717) is 42.2 Å². The van der Waals surface area contributed by atoms with E-state index >= 15 is 0 Å². The van der Waals surface area contributed by atoms with Gasteiger partial charge in [0.05, 0.1) is 5.02 Å². The Morgan fingerprint density at radius 1 is 0.914 bits per heavy atom. The summed E-state index contributed by atoms with van der Waals surface area (Å²) in [5, 5.41) is 3.29. The lowest BCUT2D eigenvalue weighted by molar-refractivity contribution is -0.120. The molecule has 1 N–H and O–H groups in total. The molecule has 2 aliphatic heterocycles. The van der Waals surface area contributed by atoms with Crippen molar-refractivity contribution in [3.05, 3.63) is 58.1 Å². The number of likely N-dealkylation sites (N-methyl/N-ethyl adjacent to an activating group) is 1. The summed E-state index contributed by atoms with van der Waals surface area (Å²) in [6.07, 6.45) is 0.784. The zero-order valence-corrected chi connectivity index (χ0v) is 21.7. The molecule has 2 amide bonds. The molecule has 2 saturated heterocycles. The molecular formula is C24H28Cl2N4O4S. The van der Waals surface area contributed by atoms with Gasteiger partial charge < -0.3 is 15.1 Å². The third-order valence-corrected chi connectivity index (χ3v) is 9.14. The van der Waals surface area contributed by atoms with E-state index in [9.17, 15) is 18.0 Å². The second kappa shape index (κ2) is 10.8. The lowest BCUT2D eigenvalue weighted by Gasteiger charge is -2.32. The number of hydrogen-bond donors (Lipinski definition) is 1. The number of amides is 2. The van der Waals surface area contributed by atoms with Crippen LogP contribution in [0.15, 0.2) is 47.4 Å². The van der Waals surface area contributed by atoms with Crippen LogP contribution in [-0.2, 0) is 14.8 Å². The van der Waals surface area contributed by atoms with Crippen molar-refractivity contribution in [1.82, 2.24) is 14.1 Å². The number of carbonyl (C=O) groups is 2. The zero-order valence-electron chi connectivity index (χ0n) is 19.4. The van der Waals surface area contributed by atoms with Gasteiger partial charge in [-0.25, -0.2) is 8.42 Å². The summed E-state index contributed by atoms with van der Waals surface area (Å²) >= 11 is 12.1. The highest BCUT2D eigenvalue weighted by atomic mass is 35.5. The highest BCUT2D eigenvalue weighted by Gasteiger charge is 2.33. The van der Waals surface area contributed by atoms with Crippen molar-refractivity contribution < 1.29 is 18.0 Å². The van der Waals surface area contributed by atoms with Crippen LogP contribution in [0, 0.1) is 5.92 Å². The number of anilines is 1. The number of benzene rings is 2. The third-order valence-electron chi connectivity index (χ3n) is 6.53. The Morgan fingerprint density at radius 2 is 1.54 bits per heavy atom. The first-order valence-electron chi connectivity index (χ1n) is 11.5. The molecule has 35 heavy (non-hydrogen) atoms. The number of piperidine rings is 1. The summed E-state index contributed by atoms with van der Waals surface area (Å²) in [6, 6.07) is 11.2. The largest absolute Gasteiger partial charge is 0.336 e. The van der Waals surface area contributed by atoms with Crippen molar-refractivity contribution in [2.24, 2.45) is 5.92 Å². The summed E-state index contributed by atoms with van der Waals surface area (Å²) in [6.45, 7) is 3.53. The molecule has 188 valence electrons. The molecule has 2 aliphatic rings. The second-order valence-corrected chi connectivity index (χ2v) is 11.7. The first-order valence-corrected chi connectivity index (χ1v) is 13.7. The number of nitrogens with one attached hydrogen (secondary N) is 1. The maximum Gasteiger partial charge on any atom is 0.253 e. The van der Waals surface area contributed by atoms with E-state index in [4.69, 9.17) is 23.2 Å². The first kappa shape index (κ1) is 25.9. The SMILES string of the molecule is CN1CCN(C(=O)c2ccc(NC(=O)C3CCN(S(=O)(=O)c4cc(Cl)ccc4Cl)CC3)cc2)CC1. The van der Waals surface area contributed by atoms with E-state index in [0.717, 1.165) is 13.1 Å². The molecule has 2 aromatic rings. The minimum Gasteiger partial charge on any atom is -0.336 e. The lowest BCUT2D eigenvalue weighted by atomic mass is 9.97. The van der Waals surface area contributed by atoms with Crippen LogP contribution in [0.5, 0.6) is 0 Å². The Hall–Kier alpha value is -2.17. The maximum absolute atomic E-state index is 13.0. The summed E-state index contributed by atoms with van der Waals surface area (Å²) in [5.74, 6) is -0.492. The average molecular weight is 539 g/mol. The normalized spacial score (nSPS) is 18.4. The number of piperazine rings is 1. The number of halogens is 2. The number of nitrogens with zero attached hydrogens (tertiary/aromatic N) is 3. The molecule has 11 heteroatoms. The fourth-order valence-corrected chi connectivity index (χ4v) is 6.51. The van der Waals surface area contributed by atoms with Gasteiger partial charge >= 0.3 is 0 Å². The van der Waals surface area contributed by atoms with Crippen LogP contribution in [0.25, 0.3) is 0 Å². The smallest absolute Gasteiger partial charge is 0.253 e. The molecule has 0 saturated carbocycles. The van der Waals surface area contributed by atoms with Crippen molar-refractivity contribution in [1.29, 1.82) is 0 Å². The van der Waals surface area contributed by atoms with Crippen LogP contribution < -0.4 is 5.32 Å². The van der Waals surface area contributed by atoms with Crippen molar-refractivity contribution in [2.75, 3.05) is 51.6 Å². The van der Waals surface area contributed by atoms with Crippen LogP contribution in [0.3, 0.4) is 0 Å². The maximum atomic E-state index is 13.0. The molecule has 2 fully saturated rings. The molecule has 0 unspecified atom stereocenters. The zero-order chi connectivity index (χ0) is 25.2. The average Bonchev–Trinajstić information content (AvgIpc) is 2.86. The standard InChI is InChI=1S/C24H28Cl2N4O4S/c1-28-12-14-29(15-13-28)24(32)18-2-5-20(6-3-18)27-23(31)17-8-10-30(11-9-17)35(33,34)22-16-19(25)4-7-21(22)26/h2-7,16-17H,8-15H2,1H3,(H,27,31). The van der Waals surface area contributed by atoms with E-state index in [2.05, 4.69) is 10.2 Å². The van der Waals surface area contributed by atoms with Crippen molar-refractivity contribution >= 4 is 50.7 Å². The third kappa shape index (κ3) is 5.98. The van der Waals surface area contributed by atoms with Gasteiger partial charge in [-0.1, -0.05) is 23.2 Å². The minimum atomic E-state index is -3.80. The lowest BCUT2D eigenvalue weighted by Crippen LogP contribution is -2.47. The molecule has 2 aromatic carbocycles. The number of sulfonamides is 1. The van der Waals surface area contributed by atoms with E-state index < -0.39 is 10.0 Å². The Balaban J connectivity index is 1.32. The van der Waals surface area contributed by atoms with Gasteiger partial charge in [0.25, 0.3) is 5.91 Å². The minimum absolute atomic E-state index is 0.00985. The fourth-order valence-electron chi connectivity index (χ4n) is 4.30. The topological polar surface area (TPSA) is 90.0 Å². The molecule has 0 atom stereocenters. The number of rotatable bonds is 5. The van der Waals surface area contributed by atoms with Gasteiger partial charge in [0.2, 0.25) is 15.9 Å². The van der Waals surface area contributed by atoms with E-state index in [-0.39, 0.29) is 40.7 Å². The molecule has 0 aromatic heterocycles. The monoisotopic (exact) mass is 538 g/mol. The van der Waals surface area contributed by atoms with E-state index in [1.54, 1.807) is 24.3 Å². The van der Waals surface area contributed by atoms with Gasteiger partial charge in [-0.2, -0.15) is 4.31 Å². The Bertz CT molecular complexity index is 1190. The van der Waals surface area contributed by atoms with Gasteiger partial charge in [0.1, 0.15) is 4.90 Å². The first-order chi connectivity index (χ1) is 16.6. The Kier molecular flexibility index (Phi) is 8.02. The second-order valence-electron chi connectivity index (χ2n) is 8.92. The van der Waals surface area contributed by atoms with Crippen LogP contribution >= 0.6 is 23.2 Å². The molecule has 0 spiro atoms. The predicted molar refractivity (Wildman–Crippen MR) is 136 cm³/mol. The number of hydrogen-bond acceptors (Lipinski definition) is 5. The fraction of sp³-hybridized carbons (Fsp3) is 0.417. The molecule has 0 radical (unpaired) electrons. The molecule has 0 aliphatic carbocycles. The van der Waals surface area contributed by atoms with E-state index in [1.165, 1.54) is 22.5 Å². The molecule has 2 heterocycles. The predicted octanol–water partition coefficient (Wildman–Crippen LogP) is 3.42. The Labute approximate surface area is 215 Å². The van der Waals surface area contributed by atoms with Crippen molar-refractivity contribution in [2.45, 2.75) is 17.7 Å². The van der Waals surface area contributed by atoms with Gasteiger partial charge in [0, 0.05) is 61.5 Å². The quantitative estimate of drug-likeness (QED) is 0.629. The highest BCUT2D eigenvalue weighted by Crippen LogP contribution is 2.30. The molecule has 0 bridgehead atoms. The van der Waals surface area contributed by atoms with Crippen LogP contribution in [0.2, 0.25) is 10.0 Å². The highest BCUT2D eigenvalue weighted by molar-refractivity contribution is 7.89. The summed E-state index contributed by atoms with van der Waals surface area (Å²) in [7, 11) is -1.76. The Morgan fingerprint density at radius 3 is 2.17 bits per heavy atom. The van der Waals surface area contributed by atoms with Crippen LogP contribution in [0.1, 0.15) is 23.2 Å².